The Balaban J connectivity index is 1.92. The molecular formula is C18H26BrN3O4. The van der Waals surface area contributed by atoms with Gasteiger partial charge in [0.2, 0.25) is 0 Å². The fourth-order valence-corrected chi connectivity index (χ4v) is 3.35. The zero-order valence-corrected chi connectivity index (χ0v) is 17.2. The van der Waals surface area contributed by atoms with Gasteiger partial charge >= 0.3 is 6.09 Å². The molecule has 1 aromatic rings. The van der Waals surface area contributed by atoms with Crippen molar-refractivity contribution < 1.29 is 14.5 Å². The van der Waals surface area contributed by atoms with Gasteiger partial charge < -0.3 is 15.4 Å². The standard InChI is InChI=1S/C18H26BrN3O4/c1-11-9-15(16(22(24)25)10-14(11)19)20-12-5-7-13(8-6-12)21-17(23)26-18(2,3)4/h9-10,12-13,20H,5-8H2,1-4H3,(H,21,23). The molecule has 0 saturated heterocycles. The molecule has 2 rings (SSSR count). The topological polar surface area (TPSA) is 93.5 Å². The zero-order chi connectivity index (χ0) is 19.5. The van der Waals surface area contributed by atoms with Crippen LogP contribution in [-0.4, -0.2) is 28.7 Å². The number of benzene rings is 1. The average Bonchev–Trinajstić information content (AvgIpc) is 2.50. The summed E-state index contributed by atoms with van der Waals surface area (Å²) in [6, 6.07) is 3.55. The molecule has 1 amide bonds. The number of alkyl carbamates (subject to hydrolysis) is 1. The maximum Gasteiger partial charge on any atom is 0.407 e. The fraction of sp³-hybridized carbons (Fsp3) is 0.611. The minimum absolute atomic E-state index is 0.0662. The number of nitrogens with one attached hydrogen (secondary N) is 2. The van der Waals surface area contributed by atoms with Gasteiger partial charge in [0.25, 0.3) is 5.69 Å². The van der Waals surface area contributed by atoms with E-state index in [4.69, 9.17) is 4.74 Å². The zero-order valence-electron chi connectivity index (χ0n) is 15.6. The molecule has 0 spiro atoms. The van der Waals surface area contributed by atoms with Gasteiger partial charge in [-0.2, -0.15) is 0 Å². The molecule has 1 fully saturated rings. The van der Waals surface area contributed by atoms with E-state index in [-0.39, 0.29) is 22.7 Å². The quantitative estimate of drug-likeness (QED) is 0.525. The van der Waals surface area contributed by atoms with Crippen molar-refractivity contribution in [1.29, 1.82) is 0 Å². The number of rotatable bonds is 4. The first kappa shape index (κ1) is 20.5. The summed E-state index contributed by atoms with van der Waals surface area (Å²) in [6.45, 7) is 7.40. The summed E-state index contributed by atoms with van der Waals surface area (Å²) >= 11 is 3.34. The third-order valence-corrected chi connectivity index (χ3v) is 5.14. The second kappa shape index (κ2) is 8.24. The molecule has 144 valence electrons. The Bertz CT molecular complexity index is 680. The lowest BCUT2D eigenvalue weighted by Gasteiger charge is -2.31. The molecule has 0 aromatic heterocycles. The van der Waals surface area contributed by atoms with Crippen molar-refractivity contribution in [3.8, 4) is 0 Å². The van der Waals surface area contributed by atoms with E-state index in [1.54, 1.807) is 6.07 Å². The maximum atomic E-state index is 11.9. The molecule has 7 nitrogen and oxygen atoms in total. The van der Waals surface area contributed by atoms with Crippen LogP contribution < -0.4 is 10.6 Å². The molecule has 0 bridgehead atoms. The molecule has 0 radical (unpaired) electrons. The minimum atomic E-state index is -0.513. The summed E-state index contributed by atoms with van der Waals surface area (Å²) in [5, 5.41) is 17.5. The number of ether oxygens (including phenoxy) is 1. The van der Waals surface area contributed by atoms with Crippen LogP contribution in [-0.2, 0) is 4.74 Å². The number of nitro groups is 1. The van der Waals surface area contributed by atoms with Crippen molar-refractivity contribution in [1.82, 2.24) is 5.32 Å². The van der Waals surface area contributed by atoms with Gasteiger partial charge in [0.1, 0.15) is 11.3 Å². The lowest BCUT2D eigenvalue weighted by molar-refractivity contribution is -0.384. The number of halogens is 1. The van der Waals surface area contributed by atoms with E-state index in [0.717, 1.165) is 35.7 Å². The van der Waals surface area contributed by atoms with E-state index in [1.807, 2.05) is 27.7 Å². The Hall–Kier alpha value is -1.83. The van der Waals surface area contributed by atoms with E-state index in [1.165, 1.54) is 6.07 Å². The van der Waals surface area contributed by atoms with E-state index < -0.39 is 11.7 Å². The number of nitrogens with zero attached hydrogens (tertiary/aromatic N) is 1. The third kappa shape index (κ3) is 5.86. The molecule has 26 heavy (non-hydrogen) atoms. The summed E-state index contributed by atoms with van der Waals surface area (Å²) in [5.41, 5.74) is 1.04. The molecule has 0 aliphatic heterocycles. The van der Waals surface area contributed by atoms with Gasteiger partial charge in [-0.25, -0.2) is 4.79 Å². The lowest BCUT2D eigenvalue weighted by Crippen LogP contribution is -2.42. The Morgan fingerprint density at radius 2 is 1.81 bits per heavy atom. The first-order valence-corrected chi connectivity index (χ1v) is 9.55. The summed E-state index contributed by atoms with van der Waals surface area (Å²) < 4.78 is 6.01. The SMILES string of the molecule is Cc1cc(NC2CCC(NC(=O)OC(C)(C)C)CC2)c([N+](=O)[O-])cc1Br. The van der Waals surface area contributed by atoms with Crippen molar-refractivity contribution in [2.45, 2.75) is 71.1 Å². The number of anilines is 1. The Morgan fingerprint density at radius 3 is 2.35 bits per heavy atom. The predicted octanol–water partition coefficient (Wildman–Crippen LogP) is 4.91. The number of carbonyl (C=O) groups excluding carboxylic acids is 1. The molecule has 1 aliphatic rings. The van der Waals surface area contributed by atoms with Crippen LogP contribution in [0.1, 0.15) is 52.0 Å². The Kier molecular flexibility index (Phi) is 6.49. The summed E-state index contributed by atoms with van der Waals surface area (Å²) in [4.78, 5) is 22.8. The van der Waals surface area contributed by atoms with Crippen LogP contribution in [0, 0.1) is 17.0 Å². The smallest absolute Gasteiger partial charge is 0.407 e. The van der Waals surface area contributed by atoms with Crippen molar-refractivity contribution in [2.24, 2.45) is 0 Å². The molecule has 2 N–H and O–H groups in total. The number of hydrogen-bond acceptors (Lipinski definition) is 5. The van der Waals surface area contributed by atoms with Crippen molar-refractivity contribution in [3.05, 3.63) is 32.3 Å². The van der Waals surface area contributed by atoms with Crippen molar-refractivity contribution in [3.63, 3.8) is 0 Å². The number of amides is 1. The van der Waals surface area contributed by atoms with Crippen LogP contribution in [0.15, 0.2) is 16.6 Å². The molecule has 1 saturated carbocycles. The van der Waals surface area contributed by atoms with Gasteiger partial charge in [-0.1, -0.05) is 15.9 Å². The summed E-state index contributed by atoms with van der Waals surface area (Å²) in [7, 11) is 0. The lowest BCUT2D eigenvalue weighted by atomic mass is 9.91. The Morgan fingerprint density at radius 1 is 1.23 bits per heavy atom. The Labute approximate surface area is 162 Å². The van der Waals surface area contributed by atoms with Gasteiger partial charge in [0.05, 0.1) is 4.92 Å². The molecule has 0 atom stereocenters. The highest BCUT2D eigenvalue weighted by atomic mass is 79.9. The number of aryl methyl sites for hydroxylation is 1. The maximum absolute atomic E-state index is 11.9. The van der Waals surface area contributed by atoms with Gasteiger partial charge in [-0.15, -0.1) is 0 Å². The second-order valence-electron chi connectivity index (χ2n) is 7.71. The van der Waals surface area contributed by atoms with Crippen molar-refractivity contribution in [2.75, 3.05) is 5.32 Å². The van der Waals surface area contributed by atoms with Gasteiger partial charge in [0.15, 0.2) is 0 Å². The van der Waals surface area contributed by atoms with Crippen LogP contribution in [0.25, 0.3) is 0 Å². The van der Waals surface area contributed by atoms with Crippen molar-refractivity contribution >= 4 is 33.4 Å². The molecular weight excluding hydrogens is 402 g/mol. The fourth-order valence-electron chi connectivity index (χ4n) is 3.01. The van der Waals surface area contributed by atoms with Crippen LogP contribution in [0.2, 0.25) is 0 Å². The average molecular weight is 428 g/mol. The van der Waals surface area contributed by atoms with E-state index in [2.05, 4.69) is 26.6 Å². The number of nitro benzene ring substituents is 1. The largest absolute Gasteiger partial charge is 0.444 e. The van der Waals surface area contributed by atoms with Crippen LogP contribution >= 0.6 is 15.9 Å². The minimum Gasteiger partial charge on any atom is -0.444 e. The van der Waals surface area contributed by atoms with Crippen LogP contribution in [0.5, 0.6) is 0 Å². The molecule has 0 unspecified atom stereocenters. The normalized spacial score (nSPS) is 20.3. The second-order valence-corrected chi connectivity index (χ2v) is 8.57. The monoisotopic (exact) mass is 427 g/mol. The molecule has 1 aromatic carbocycles. The van der Waals surface area contributed by atoms with E-state index in [0.29, 0.717) is 5.69 Å². The highest BCUT2D eigenvalue weighted by Gasteiger charge is 2.26. The predicted molar refractivity (Wildman–Crippen MR) is 105 cm³/mol. The summed E-state index contributed by atoms with van der Waals surface area (Å²) in [6.07, 6.45) is 2.87. The first-order chi connectivity index (χ1) is 12.0. The molecule has 8 heteroatoms. The van der Waals surface area contributed by atoms with Gasteiger partial charge in [-0.3, -0.25) is 10.1 Å². The highest BCUT2D eigenvalue weighted by Crippen LogP contribution is 2.33. The molecule has 1 aliphatic carbocycles. The van der Waals surface area contributed by atoms with Gasteiger partial charge in [0, 0.05) is 22.6 Å². The number of hydrogen-bond donors (Lipinski definition) is 2. The van der Waals surface area contributed by atoms with Crippen LogP contribution in [0.3, 0.4) is 0 Å². The molecule has 0 heterocycles. The van der Waals surface area contributed by atoms with Crippen LogP contribution in [0.4, 0.5) is 16.2 Å². The highest BCUT2D eigenvalue weighted by molar-refractivity contribution is 9.10. The van der Waals surface area contributed by atoms with Gasteiger partial charge in [-0.05, 0) is 65.0 Å². The van der Waals surface area contributed by atoms with E-state index >= 15 is 0 Å². The first-order valence-electron chi connectivity index (χ1n) is 8.76. The summed E-state index contributed by atoms with van der Waals surface area (Å²) in [5.74, 6) is 0. The number of carbonyl (C=O) groups is 1. The third-order valence-electron chi connectivity index (χ3n) is 4.28. The van der Waals surface area contributed by atoms with E-state index in [9.17, 15) is 14.9 Å².